The first-order chi connectivity index (χ1) is 14.5. The van der Waals surface area contributed by atoms with Gasteiger partial charge in [0.2, 0.25) is 0 Å². The Bertz CT molecular complexity index is 1020. The number of carboxylic acid groups (broad SMARTS) is 1. The Labute approximate surface area is 175 Å². The van der Waals surface area contributed by atoms with Crippen molar-refractivity contribution in [2.24, 2.45) is 5.73 Å². The monoisotopic (exact) mass is 404 g/mol. The summed E-state index contributed by atoms with van der Waals surface area (Å²) in [5.41, 5.74) is 9.17. The molecule has 30 heavy (non-hydrogen) atoms. The Hall–Kier alpha value is -3.87. The normalized spacial score (nSPS) is 11.5. The quantitative estimate of drug-likeness (QED) is 0.318. The first-order valence-electron chi connectivity index (χ1n) is 9.56. The van der Waals surface area contributed by atoms with Crippen LogP contribution in [0.4, 0.5) is 5.69 Å². The van der Waals surface area contributed by atoms with E-state index in [-0.39, 0.29) is 5.84 Å². The Morgan fingerprint density at radius 3 is 2.43 bits per heavy atom. The van der Waals surface area contributed by atoms with Gasteiger partial charge < -0.3 is 20.9 Å². The van der Waals surface area contributed by atoms with E-state index in [1.54, 1.807) is 36.7 Å². The van der Waals surface area contributed by atoms with Crippen LogP contribution in [0, 0.1) is 5.41 Å². The highest BCUT2D eigenvalue weighted by Crippen LogP contribution is 2.30. The molecular formula is C23H24N4O3. The summed E-state index contributed by atoms with van der Waals surface area (Å²) in [6.07, 6.45) is 4.15. The second-order valence-corrected chi connectivity index (χ2v) is 6.78. The standard InChI is InChI=1S/C23H24N4O3/c1-2-15-3-8-20(30-14-16-9-11-26-12-10-16)19(13-15)21(23(28)29)27-18-6-4-17(5-7-18)22(24)25/h3-13,21,27H,2,14H2,1H3,(H3,24,25)(H,28,29)/t21-/m1/s1. The number of aryl methyl sites for hydroxylation is 1. The number of carboxylic acids is 1. The van der Waals surface area contributed by atoms with Crippen LogP contribution in [0.1, 0.15) is 35.2 Å². The van der Waals surface area contributed by atoms with Gasteiger partial charge in [0.25, 0.3) is 0 Å². The van der Waals surface area contributed by atoms with Crippen molar-refractivity contribution >= 4 is 17.5 Å². The van der Waals surface area contributed by atoms with Gasteiger partial charge in [-0.15, -0.1) is 0 Å². The van der Waals surface area contributed by atoms with Crippen molar-refractivity contribution in [2.45, 2.75) is 26.0 Å². The van der Waals surface area contributed by atoms with Crippen LogP contribution in [-0.4, -0.2) is 21.9 Å². The smallest absolute Gasteiger partial charge is 0.330 e. The third kappa shape index (κ3) is 5.14. The second kappa shape index (κ2) is 9.56. The largest absolute Gasteiger partial charge is 0.489 e. The number of aliphatic carboxylic acids is 1. The molecule has 7 nitrogen and oxygen atoms in total. The number of carbonyl (C=O) groups is 1. The van der Waals surface area contributed by atoms with Crippen molar-refractivity contribution in [1.29, 1.82) is 5.41 Å². The number of nitrogen functional groups attached to an aromatic ring is 1. The van der Waals surface area contributed by atoms with E-state index in [0.717, 1.165) is 17.5 Å². The van der Waals surface area contributed by atoms with Crippen LogP contribution in [0.2, 0.25) is 0 Å². The van der Waals surface area contributed by atoms with E-state index in [0.29, 0.717) is 29.2 Å². The zero-order valence-corrected chi connectivity index (χ0v) is 16.6. The Morgan fingerprint density at radius 2 is 1.83 bits per heavy atom. The SMILES string of the molecule is CCc1ccc(OCc2ccncc2)c([C@@H](Nc2ccc(C(=N)N)cc2)C(=O)O)c1. The molecule has 2 aromatic carbocycles. The molecule has 3 aromatic rings. The van der Waals surface area contributed by atoms with Crippen LogP contribution in [0.3, 0.4) is 0 Å². The predicted octanol–water partition coefficient (Wildman–Crippen LogP) is 3.74. The maximum Gasteiger partial charge on any atom is 0.330 e. The number of amidine groups is 1. The minimum absolute atomic E-state index is 0.0428. The Kier molecular flexibility index (Phi) is 6.64. The van der Waals surface area contributed by atoms with E-state index in [1.165, 1.54) is 0 Å². The molecule has 5 N–H and O–H groups in total. The molecule has 0 aliphatic heterocycles. The molecular weight excluding hydrogens is 380 g/mol. The van der Waals surface area contributed by atoms with Crippen LogP contribution in [-0.2, 0) is 17.8 Å². The molecule has 0 spiro atoms. The molecule has 1 aromatic heterocycles. The number of pyridine rings is 1. The number of benzene rings is 2. The van der Waals surface area contributed by atoms with Gasteiger partial charge >= 0.3 is 5.97 Å². The third-order valence-corrected chi connectivity index (χ3v) is 4.69. The maximum atomic E-state index is 12.1. The Morgan fingerprint density at radius 1 is 1.13 bits per heavy atom. The van der Waals surface area contributed by atoms with E-state index in [2.05, 4.69) is 10.3 Å². The van der Waals surface area contributed by atoms with Crippen molar-refractivity contribution in [2.75, 3.05) is 5.32 Å². The molecule has 1 atom stereocenters. The summed E-state index contributed by atoms with van der Waals surface area (Å²) >= 11 is 0. The van der Waals surface area contributed by atoms with E-state index >= 15 is 0 Å². The number of aromatic nitrogens is 1. The van der Waals surface area contributed by atoms with Crippen LogP contribution in [0.15, 0.2) is 67.0 Å². The third-order valence-electron chi connectivity index (χ3n) is 4.69. The summed E-state index contributed by atoms with van der Waals surface area (Å²) < 4.78 is 5.97. The van der Waals surface area contributed by atoms with E-state index in [1.807, 2.05) is 37.3 Å². The van der Waals surface area contributed by atoms with Gasteiger partial charge in [0.05, 0.1) is 0 Å². The lowest BCUT2D eigenvalue weighted by molar-refractivity contribution is -0.138. The predicted molar refractivity (Wildman–Crippen MR) is 116 cm³/mol. The summed E-state index contributed by atoms with van der Waals surface area (Å²) in [4.78, 5) is 16.1. The average molecular weight is 404 g/mol. The van der Waals surface area contributed by atoms with Gasteiger partial charge in [-0.3, -0.25) is 10.4 Å². The van der Waals surface area contributed by atoms with E-state index in [9.17, 15) is 9.90 Å². The second-order valence-electron chi connectivity index (χ2n) is 6.78. The van der Waals surface area contributed by atoms with Crippen LogP contribution in [0.5, 0.6) is 5.75 Å². The van der Waals surface area contributed by atoms with E-state index in [4.69, 9.17) is 15.9 Å². The van der Waals surface area contributed by atoms with Gasteiger partial charge in [-0.1, -0.05) is 13.0 Å². The molecule has 0 unspecified atom stereocenters. The van der Waals surface area contributed by atoms with Gasteiger partial charge in [0.1, 0.15) is 18.2 Å². The fourth-order valence-corrected chi connectivity index (χ4v) is 3.00. The number of nitrogens with zero attached hydrogens (tertiary/aromatic N) is 1. The molecule has 0 saturated heterocycles. The minimum Gasteiger partial charge on any atom is -0.489 e. The highest BCUT2D eigenvalue weighted by molar-refractivity contribution is 5.95. The number of ether oxygens (including phenoxy) is 1. The van der Waals surface area contributed by atoms with Gasteiger partial charge in [-0.05, 0) is 66.1 Å². The molecule has 1 heterocycles. The lowest BCUT2D eigenvalue weighted by Crippen LogP contribution is -2.22. The first-order valence-corrected chi connectivity index (χ1v) is 9.56. The molecule has 0 amide bonds. The fraction of sp³-hybridized carbons (Fsp3) is 0.174. The zero-order chi connectivity index (χ0) is 21.5. The Balaban J connectivity index is 1.89. The van der Waals surface area contributed by atoms with Crippen molar-refractivity contribution in [3.63, 3.8) is 0 Å². The molecule has 0 aliphatic carbocycles. The molecule has 0 saturated carbocycles. The van der Waals surface area contributed by atoms with Crippen LogP contribution in [0.25, 0.3) is 0 Å². The summed E-state index contributed by atoms with van der Waals surface area (Å²) in [6, 6.07) is 15.1. The fourth-order valence-electron chi connectivity index (χ4n) is 3.00. The molecule has 0 bridgehead atoms. The topological polar surface area (TPSA) is 121 Å². The zero-order valence-electron chi connectivity index (χ0n) is 16.6. The summed E-state index contributed by atoms with van der Waals surface area (Å²) in [6.45, 7) is 2.32. The van der Waals surface area contributed by atoms with Crippen molar-refractivity contribution < 1.29 is 14.6 Å². The molecule has 154 valence electrons. The number of anilines is 1. The van der Waals surface area contributed by atoms with E-state index < -0.39 is 12.0 Å². The lowest BCUT2D eigenvalue weighted by atomic mass is 10.0. The maximum absolute atomic E-state index is 12.1. The number of hydrogen-bond acceptors (Lipinski definition) is 5. The summed E-state index contributed by atoms with van der Waals surface area (Å²) in [5.74, 6) is -0.560. The number of rotatable bonds is 9. The van der Waals surface area contributed by atoms with Crippen molar-refractivity contribution in [3.05, 3.63) is 89.2 Å². The molecule has 7 heteroatoms. The van der Waals surface area contributed by atoms with Crippen LogP contribution >= 0.6 is 0 Å². The highest BCUT2D eigenvalue weighted by Gasteiger charge is 2.24. The first kappa shape index (κ1) is 20.9. The minimum atomic E-state index is -1.02. The number of nitrogens with two attached hydrogens (primary N) is 1. The average Bonchev–Trinajstić information content (AvgIpc) is 2.77. The van der Waals surface area contributed by atoms with Crippen molar-refractivity contribution in [3.8, 4) is 5.75 Å². The molecule has 0 radical (unpaired) electrons. The summed E-state index contributed by atoms with van der Waals surface area (Å²) in [7, 11) is 0. The van der Waals surface area contributed by atoms with Crippen LogP contribution < -0.4 is 15.8 Å². The number of nitrogens with one attached hydrogen (secondary N) is 2. The lowest BCUT2D eigenvalue weighted by Gasteiger charge is -2.21. The molecule has 3 rings (SSSR count). The molecule has 0 fully saturated rings. The van der Waals surface area contributed by atoms with Gasteiger partial charge in [-0.2, -0.15) is 0 Å². The number of hydrogen-bond donors (Lipinski definition) is 4. The highest BCUT2D eigenvalue weighted by atomic mass is 16.5. The van der Waals surface area contributed by atoms with Crippen molar-refractivity contribution in [1.82, 2.24) is 4.98 Å². The summed E-state index contributed by atoms with van der Waals surface area (Å²) in [5, 5.41) is 20.5. The molecule has 0 aliphatic rings. The van der Waals surface area contributed by atoms with Gasteiger partial charge in [-0.25, -0.2) is 4.79 Å². The van der Waals surface area contributed by atoms with Gasteiger partial charge in [0, 0.05) is 29.2 Å². The van der Waals surface area contributed by atoms with Gasteiger partial charge in [0.15, 0.2) is 6.04 Å².